The molecule has 0 aliphatic heterocycles. The molecule has 0 bridgehead atoms. The van der Waals surface area contributed by atoms with Crippen molar-refractivity contribution in [2.75, 3.05) is 7.05 Å². The number of fused-ring (bicyclic) bond motifs is 1. The maximum atomic E-state index is 5.95. The van der Waals surface area contributed by atoms with Crippen molar-refractivity contribution in [2.24, 2.45) is 4.99 Å². The molecule has 0 aliphatic carbocycles. The van der Waals surface area contributed by atoms with Crippen LogP contribution in [0.3, 0.4) is 0 Å². The maximum Gasteiger partial charge on any atom is 0.191 e. The molecule has 2 aromatic heterocycles. The van der Waals surface area contributed by atoms with Crippen LogP contribution in [0.5, 0.6) is 0 Å². The Labute approximate surface area is 187 Å². The Balaban J connectivity index is 0.00000240. The summed E-state index contributed by atoms with van der Waals surface area (Å²) in [6.07, 6.45) is 3.87. The zero-order valence-electron chi connectivity index (χ0n) is 16.4. The highest BCUT2D eigenvalue weighted by Gasteiger charge is 2.10. The van der Waals surface area contributed by atoms with Gasteiger partial charge in [-0.1, -0.05) is 36.4 Å². The lowest BCUT2D eigenvalue weighted by Crippen LogP contribution is -2.36. The van der Waals surface area contributed by atoms with E-state index in [-0.39, 0.29) is 24.0 Å². The summed E-state index contributed by atoms with van der Waals surface area (Å²) in [5.41, 5.74) is 4.18. The molecule has 6 nitrogen and oxygen atoms in total. The molecular weight excluding hydrogens is 477 g/mol. The topological polar surface area (TPSA) is 67.4 Å². The van der Waals surface area contributed by atoms with Crippen LogP contribution in [0.15, 0.2) is 76.4 Å². The van der Waals surface area contributed by atoms with Crippen LogP contribution >= 0.6 is 24.0 Å². The summed E-state index contributed by atoms with van der Waals surface area (Å²) in [6.45, 7) is 3.28. The number of aryl methyl sites for hydroxylation is 1. The van der Waals surface area contributed by atoms with Crippen molar-refractivity contribution in [3.8, 4) is 5.69 Å². The Bertz CT molecular complexity index is 1100. The lowest BCUT2D eigenvalue weighted by atomic mass is 10.1. The van der Waals surface area contributed by atoms with E-state index in [1.807, 2.05) is 65.6 Å². The minimum absolute atomic E-state index is 0. The van der Waals surface area contributed by atoms with Crippen molar-refractivity contribution >= 4 is 40.9 Å². The smallest absolute Gasteiger partial charge is 0.191 e. The summed E-state index contributed by atoms with van der Waals surface area (Å²) in [6, 6.07) is 18.1. The lowest BCUT2D eigenvalue weighted by Gasteiger charge is -2.10. The third kappa shape index (κ3) is 4.79. The number of benzene rings is 2. The van der Waals surface area contributed by atoms with Crippen molar-refractivity contribution in [2.45, 2.75) is 20.0 Å². The van der Waals surface area contributed by atoms with E-state index in [9.17, 15) is 0 Å². The van der Waals surface area contributed by atoms with Crippen LogP contribution in [-0.4, -0.2) is 22.8 Å². The average molecular weight is 501 g/mol. The number of nitrogens with zero attached hydrogens (tertiary/aromatic N) is 3. The third-order valence-electron chi connectivity index (χ3n) is 4.70. The zero-order valence-corrected chi connectivity index (χ0v) is 18.8. The number of guanidine groups is 1. The molecule has 0 atom stereocenters. The molecule has 0 radical (unpaired) electrons. The number of aliphatic imine (C=N–C) groups is 1. The van der Waals surface area contributed by atoms with Gasteiger partial charge in [0.15, 0.2) is 5.96 Å². The predicted molar refractivity (Wildman–Crippen MR) is 127 cm³/mol. The van der Waals surface area contributed by atoms with Gasteiger partial charge in [0.05, 0.1) is 18.4 Å². The fourth-order valence-electron chi connectivity index (χ4n) is 3.14. The summed E-state index contributed by atoms with van der Waals surface area (Å²) in [5.74, 6) is 1.63. The second kappa shape index (κ2) is 9.60. The Hall–Kier alpha value is -2.81. The third-order valence-corrected chi connectivity index (χ3v) is 4.70. The first-order chi connectivity index (χ1) is 13.7. The normalized spacial score (nSPS) is 11.3. The van der Waals surface area contributed by atoms with Crippen LogP contribution in [0, 0.1) is 6.92 Å². The summed E-state index contributed by atoms with van der Waals surface area (Å²) in [7, 11) is 1.76. The molecule has 2 N–H and O–H groups in total. The van der Waals surface area contributed by atoms with Gasteiger partial charge in [-0.25, -0.2) is 4.68 Å². The Kier molecular flexibility index (Phi) is 6.92. The first-order valence-electron chi connectivity index (χ1n) is 9.25. The zero-order chi connectivity index (χ0) is 19.3. The van der Waals surface area contributed by atoms with E-state index in [1.165, 1.54) is 0 Å². The van der Waals surface area contributed by atoms with E-state index in [2.05, 4.69) is 33.7 Å². The number of nitrogens with one attached hydrogen (secondary N) is 2. The van der Waals surface area contributed by atoms with Crippen LogP contribution in [0.25, 0.3) is 16.7 Å². The average Bonchev–Trinajstić information content (AvgIpc) is 3.34. The van der Waals surface area contributed by atoms with Crippen LogP contribution in [0.1, 0.15) is 16.9 Å². The molecular formula is C22H24IN5O. The van der Waals surface area contributed by atoms with Crippen LogP contribution in [-0.2, 0) is 13.1 Å². The fraction of sp³-hybridized carbons (Fsp3) is 0.182. The maximum absolute atomic E-state index is 5.95. The van der Waals surface area contributed by atoms with Crippen molar-refractivity contribution in [1.82, 2.24) is 20.4 Å². The number of para-hydroxylation sites is 2. The molecule has 0 aliphatic rings. The number of furan rings is 1. The minimum Gasteiger partial charge on any atom is -0.459 e. The van der Waals surface area contributed by atoms with E-state index >= 15 is 0 Å². The Morgan fingerprint density at radius 1 is 1.03 bits per heavy atom. The van der Waals surface area contributed by atoms with Crippen LogP contribution in [0.4, 0.5) is 0 Å². The highest BCUT2D eigenvalue weighted by molar-refractivity contribution is 14.0. The van der Waals surface area contributed by atoms with Gasteiger partial charge in [-0.15, -0.1) is 24.0 Å². The van der Waals surface area contributed by atoms with E-state index in [0.29, 0.717) is 19.0 Å². The van der Waals surface area contributed by atoms with Crippen molar-refractivity contribution in [1.29, 1.82) is 0 Å². The van der Waals surface area contributed by atoms with Gasteiger partial charge in [0.2, 0.25) is 0 Å². The molecule has 0 spiro atoms. The first-order valence-corrected chi connectivity index (χ1v) is 9.25. The summed E-state index contributed by atoms with van der Waals surface area (Å²) in [5, 5.41) is 12.2. The molecule has 4 aromatic rings. The quantitative estimate of drug-likeness (QED) is 0.242. The minimum atomic E-state index is 0. The molecule has 0 amide bonds. The summed E-state index contributed by atoms with van der Waals surface area (Å²) >= 11 is 0. The van der Waals surface area contributed by atoms with Gasteiger partial charge in [-0.2, -0.15) is 5.10 Å². The Morgan fingerprint density at radius 2 is 1.76 bits per heavy atom. The van der Waals surface area contributed by atoms with Gasteiger partial charge in [-0.3, -0.25) is 4.99 Å². The van der Waals surface area contributed by atoms with Gasteiger partial charge in [0.1, 0.15) is 11.3 Å². The van der Waals surface area contributed by atoms with E-state index < -0.39 is 0 Å². The second-order valence-corrected chi connectivity index (χ2v) is 6.55. The molecule has 0 fully saturated rings. The molecule has 150 valence electrons. The molecule has 29 heavy (non-hydrogen) atoms. The number of hydrogen-bond acceptors (Lipinski definition) is 3. The second-order valence-electron chi connectivity index (χ2n) is 6.55. The van der Waals surface area contributed by atoms with Crippen molar-refractivity contribution in [3.63, 3.8) is 0 Å². The molecule has 2 aromatic carbocycles. The molecule has 0 unspecified atom stereocenters. The van der Waals surface area contributed by atoms with E-state index in [1.54, 1.807) is 7.05 Å². The predicted octanol–water partition coefficient (Wildman–Crippen LogP) is 4.41. The highest BCUT2D eigenvalue weighted by atomic mass is 127. The number of hydrogen-bond donors (Lipinski definition) is 2. The van der Waals surface area contributed by atoms with Gasteiger partial charge < -0.3 is 15.1 Å². The highest BCUT2D eigenvalue weighted by Crippen LogP contribution is 2.24. The summed E-state index contributed by atoms with van der Waals surface area (Å²) < 4.78 is 7.82. The fourth-order valence-corrected chi connectivity index (χ4v) is 3.14. The molecule has 0 saturated carbocycles. The number of rotatable bonds is 5. The van der Waals surface area contributed by atoms with Gasteiger partial charge in [0.25, 0.3) is 0 Å². The monoisotopic (exact) mass is 501 g/mol. The van der Waals surface area contributed by atoms with Crippen molar-refractivity contribution in [3.05, 3.63) is 83.9 Å². The Morgan fingerprint density at radius 3 is 2.52 bits per heavy atom. The molecule has 4 rings (SSSR count). The van der Waals surface area contributed by atoms with E-state index in [0.717, 1.165) is 33.5 Å². The molecule has 2 heterocycles. The van der Waals surface area contributed by atoms with Gasteiger partial charge in [0, 0.05) is 36.3 Å². The standard InChI is InChI=1S/C22H23N5O.HI/c1-16-19-10-6-7-11-20(19)28-21(16)14-25-22(23-2)24-12-17-13-26-27(15-17)18-8-4-3-5-9-18;/h3-11,13,15H,12,14H2,1-2H3,(H2,23,24,25);1H. The first kappa shape index (κ1) is 20.9. The van der Waals surface area contributed by atoms with E-state index in [4.69, 9.17) is 4.42 Å². The number of aromatic nitrogens is 2. The van der Waals surface area contributed by atoms with Gasteiger partial charge in [-0.05, 0) is 25.1 Å². The van der Waals surface area contributed by atoms with Crippen LogP contribution in [0.2, 0.25) is 0 Å². The largest absolute Gasteiger partial charge is 0.459 e. The van der Waals surface area contributed by atoms with Gasteiger partial charge >= 0.3 is 0 Å². The van der Waals surface area contributed by atoms with Crippen molar-refractivity contribution < 1.29 is 4.42 Å². The SMILES string of the molecule is CN=C(NCc1cnn(-c2ccccc2)c1)NCc1oc2ccccc2c1C.I. The number of halogens is 1. The molecule has 0 saturated heterocycles. The lowest BCUT2D eigenvalue weighted by molar-refractivity contribution is 0.534. The molecule has 7 heteroatoms. The summed E-state index contributed by atoms with van der Waals surface area (Å²) in [4.78, 5) is 4.29. The van der Waals surface area contributed by atoms with Crippen LogP contribution < -0.4 is 10.6 Å².